The van der Waals surface area contributed by atoms with Gasteiger partial charge < -0.3 is 20.1 Å². The monoisotopic (exact) mass is 488 g/mol. The van der Waals surface area contributed by atoms with Gasteiger partial charge in [-0.2, -0.15) is 18.3 Å². The van der Waals surface area contributed by atoms with E-state index < -0.39 is 35.5 Å². The van der Waals surface area contributed by atoms with Crippen molar-refractivity contribution in [3.05, 3.63) is 70.4 Å². The number of methoxy groups -OCH3 is 2. The highest BCUT2D eigenvalue weighted by Crippen LogP contribution is 2.41. The Bertz CT molecular complexity index is 1300. The summed E-state index contributed by atoms with van der Waals surface area (Å²) in [7, 11) is 4.50. The van der Waals surface area contributed by atoms with E-state index in [0.29, 0.717) is 28.6 Å². The topological polar surface area (TPSA) is 94.5 Å². The molecule has 2 aromatic carbocycles. The minimum absolute atomic E-state index is 0.187. The Kier molecular flexibility index (Phi) is 6.18. The quantitative estimate of drug-likeness (QED) is 0.572. The predicted molar refractivity (Wildman–Crippen MR) is 121 cm³/mol. The normalized spacial score (nSPS) is 17.4. The molecule has 3 aromatic rings. The van der Waals surface area contributed by atoms with Gasteiger partial charge in [0.1, 0.15) is 11.9 Å². The molecule has 2 N–H and O–H groups in total. The summed E-state index contributed by atoms with van der Waals surface area (Å²) in [5, 5.41) is 9.74. The van der Waals surface area contributed by atoms with Crippen LogP contribution in [0.2, 0.25) is 0 Å². The van der Waals surface area contributed by atoms with Gasteiger partial charge in [0.05, 0.1) is 25.5 Å². The van der Waals surface area contributed by atoms with E-state index in [2.05, 4.69) is 15.7 Å². The lowest BCUT2D eigenvalue weighted by Crippen LogP contribution is -2.50. The number of hydrogen-bond donors (Lipinski definition) is 2. The molecular formula is C24H23F3N4O4. The Balaban J connectivity index is 1.79. The van der Waals surface area contributed by atoms with Crippen molar-refractivity contribution in [2.45, 2.75) is 25.1 Å². The molecule has 1 aromatic heterocycles. The molecule has 184 valence electrons. The third kappa shape index (κ3) is 4.41. The number of hydrogen-bond acceptors (Lipinski definition) is 5. The van der Waals surface area contributed by atoms with Gasteiger partial charge in [-0.3, -0.25) is 14.3 Å². The second-order valence-electron chi connectivity index (χ2n) is 8.08. The molecule has 1 aliphatic heterocycles. The summed E-state index contributed by atoms with van der Waals surface area (Å²) >= 11 is 0. The molecule has 0 radical (unpaired) electrons. The van der Waals surface area contributed by atoms with Gasteiger partial charge in [-0.25, -0.2) is 0 Å². The highest BCUT2D eigenvalue weighted by molar-refractivity contribution is 6.04. The second-order valence-corrected chi connectivity index (χ2v) is 8.08. The molecular weight excluding hydrogens is 465 g/mol. The molecule has 0 fully saturated rings. The minimum Gasteiger partial charge on any atom is -0.493 e. The van der Waals surface area contributed by atoms with Crippen molar-refractivity contribution in [3.63, 3.8) is 0 Å². The van der Waals surface area contributed by atoms with Gasteiger partial charge in [0.2, 0.25) is 5.91 Å². The average Bonchev–Trinajstić information content (AvgIpc) is 3.10. The van der Waals surface area contributed by atoms with Crippen LogP contribution in [-0.2, 0) is 18.0 Å². The Morgan fingerprint density at radius 3 is 2.49 bits per heavy atom. The van der Waals surface area contributed by atoms with Crippen LogP contribution in [0.4, 0.5) is 19.0 Å². The lowest BCUT2D eigenvalue weighted by Gasteiger charge is -2.33. The van der Waals surface area contributed by atoms with Crippen molar-refractivity contribution in [2.24, 2.45) is 7.05 Å². The van der Waals surface area contributed by atoms with Gasteiger partial charge >= 0.3 is 6.18 Å². The van der Waals surface area contributed by atoms with Crippen LogP contribution in [0.15, 0.2) is 42.5 Å². The summed E-state index contributed by atoms with van der Waals surface area (Å²) in [6.45, 7) is 1.70. The maximum atomic E-state index is 13.5. The first kappa shape index (κ1) is 24.1. The summed E-state index contributed by atoms with van der Waals surface area (Å²) < 4.78 is 52.3. The average molecular weight is 488 g/mol. The third-order valence-electron chi connectivity index (χ3n) is 5.94. The Labute approximate surface area is 199 Å². The number of nitrogens with one attached hydrogen (secondary N) is 2. The number of rotatable bonds is 5. The summed E-state index contributed by atoms with van der Waals surface area (Å²) in [5.41, 5.74) is 0.616. The molecule has 35 heavy (non-hydrogen) atoms. The van der Waals surface area contributed by atoms with E-state index in [9.17, 15) is 22.8 Å². The fourth-order valence-corrected chi connectivity index (χ4v) is 4.33. The number of nitrogens with zero attached hydrogens (tertiary/aromatic N) is 2. The van der Waals surface area contributed by atoms with E-state index in [0.717, 1.165) is 12.1 Å². The fraction of sp³-hybridized carbons (Fsp3) is 0.292. The third-order valence-corrected chi connectivity index (χ3v) is 5.94. The number of benzene rings is 2. The number of aromatic nitrogens is 2. The van der Waals surface area contributed by atoms with Crippen LogP contribution < -0.4 is 20.1 Å². The Morgan fingerprint density at radius 1 is 1.11 bits per heavy atom. The van der Waals surface area contributed by atoms with Crippen molar-refractivity contribution < 1.29 is 32.2 Å². The number of aryl methyl sites for hydroxylation is 2. The van der Waals surface area contributed by atoms with Gasteiger partial charge in [-0.05, 0) is 36.8 Å². The number of fused-ring (bicyclic) bond motifs is 1. The minimum atomic E-state index is -4.57. The van der Waals surface area contributed by atoms with Crippen LogP contribution in [0.1, 0.15) is 38.7 Å². The van der Waals surface area contributed by atoms with Crippen LogP contribution in [0.3, 0.4) is 0 Å². The van der Waals surface area contributed by atoms with Gasteiger partial charge in [0.15, 0.2) is 11.5 Å². The smallest absolute Gasteiger partial charge is 0.416 e. The zero-order valence-electron chi connectivity index (χ0n) is 19.4. The van der Waals surface area contributed by atoms with Gasteiger partial charge in [-0.15, -0.1) is 0 Å². The lowest BCUT2D eigenvalue weighted by atomic mass is 9.81. The first-order valence-corrected chi connectivity index (χ1v) is 10.6. The first-order chi connectivity index (χ1) is 16.5. The van der Waals surface area contributed by atoms with E-state index in [1.807, 2.05) is 0 Å². The van der Waals surface area contributed by atoms with Crippen LogP contribution in [0, 0.1) is 6.92 Å². The second kappa shape index (κ2) is 8.97. The molecule has 11 heteroatoms. The number of halogens is 3. The number of carbonyl (C=O) groups excluding carboxylic acids is 2. The van der Waals surface area contributed by atoms with E-state index in [1.54, 1.807) is 20.0 Å². The molecule has 0 bridgehead atoms. The number of anilines is 1. The van der Waals surface area contributed by atoms with Crippen molar-refractivity contribution >= 4 is 17.6 Å². The zero-order valence-corrected chi connectivity index (χ0v) is 19.4. The van der Waals surface area contributed by atoms with E-state index in [-0.39, 0.29) is 11.1 Å². The molecule has 8 nitrogen and oxygen atoms in total. The van der Waals surface area contributed by atoms with Gasteiger partial charge in [-0.1, -0.05) is 18.2 Å². The highest BCUT2D eigenvalue weighted by Gasteiger charge is 2.42. The summed E-state index contributed by atoms with van der Waals surface area (Å²) in [6, 6.07) is 8.03. The van der Waals surface area contributed by atoms with Crippen LogP contribution in [0.25, 0.3) is 0 Å². The molecule has 0 unspecified atom stereocenters. The number of carbonyl (C=O) groups is 2. The molecule has 4 rings (SSSR count). The summed E-state index contributed by atoms with van der Waals surface area (Å²) in [6.07, 6.45) is -4.57. The number of ether oxygens (including phenoxy) is 2. The van der Waals surface area contributed by atoms with E-state index >= 15 is 0 Å². The maximum Gasteiger partial charge on any atom is 0.416 e. The van der Waals surface area contributed by atoms with Crippen molar-refractivity contribution in [2.75, 3.05) is 19.5 Å². The molecule has 1 aliphatic rings. The molecule has 0 saturated carbocycles. The van der Waals surface area contributed by atoms with Crippen molar-refractivity contribution in [1.29, 1.82) is 0 Å². The van der Waals surface area contributed by atoms with Gasteiger partial charge in [0.25, 0.3) is 5.91 Å². The highest BCUT2D eigenvalue weighted by atomic mass is 19.4. The predicted octanol–water partition coefficient (Wildman–Crippen LogP) is 3.65. The van der Waals surface area contributed by atoms with Crippen LogP contribution in [-0.4, -0.2) is 41.9 Å². The SMILES string of the molecule is COc1ccc(C(=O)N[C@@H]2C(=O)Nc3c(c(C)nn3C)[C@H]2c2cccc(C(F)(F)F)c2)cc1OC. The summed E-state index contributed by atoms with van der Waals surface area (Å²) in [4.78, 5) is 26.3. The molecule has 2 amide bonds. The van der Waals surface area contributed by atoms with Crippen LogP contribution >= 0.6 is 0 Å². The Morgan fingerprint density at radius 2 is 1.83 bits per heavy atom. The first-order valence-electron chi connectivity index (χ1n) is 10.6. The molecule has 2 atom stereocenters. The molecule has 0 saturated heterocycles. The molecule has 0 spiro atoms. The van der Waals surface area contributed by atoms with E-state index in [4.69, 9.17) is 9.47 Å². The molecule has 0 aliphatic carbocycles. The largest absolute Gasteiger partial charge is 0.493 e. The van der Waals surface area contributed by atoms with E-state index in [1.165, 1.54) is 43.2 Å². The van der Waals surface area contributed by atoms with Crippen molar-refractivity contribution in [1.82, 2.24) is 15.1 Å². The maximum absolute atomic E-state index is 13.5. The standard InChI is InChI=1S/C24H23F3N4O4/c1-12-18-19(13-6-5-7-15(10-13)24(25,26)27)20(23(33)29-21(18)31(2)30-12)28-22(32)14-8-9-16(34-3)17(11-14)35-4/h5-11,19-20H,1-4H3,(H,28,32)(H,29,33)/t19-,20+/m1/s1. The molecule has 2 heterocycles. The summed E-state index contributed by atoms with van der Waals surface area (Å²) in [5.74, 6) is -0.986. The van der Waals surface area contributed by atoms with Gasteiger partial charge in [0, 0.05) is 24.1 Å². The lowest BCUT2D eigenvalue weighted by molar-refractivity contribution is -0.137. The van der Waals surface area contributed by atoms with Crippen molar-refractivity contribution in [3.8, 4) is 11.5 Å². The Hall–Kier alpha value is -4.02. The fourth-order valence-electron chi connectivity index (χ4n) is 4.33. The number of amides is 2. The van der Waals surface area contributed by atoms with Crippen LogP contribution in [0.5, 0.6) is 11.5 Å². The number of alkyl halides is 3. The zero-order chi connectivity index (χ0) is 25.5.